The summed E-state index contributed by atoms with van der Waals surface area (Å²) in [5.74, 6) is 0. The maximum absolute atomic E-state index is 3.81. The third-order valence-corrected chi connectivity index (χ3v) is 9.69. The second kappa shape index (κ2) is 20.2. The molecule has 0 fully saturated rings. The normalized spacial score (nSPS) is 10.5. The Morgan fingerprint density at radius 2 is 0.442 bits per heavy atom. The fraction of sp³-hybridized carbons (Fsp3) is 0.154. The lowest BCUT2D eigenvalue weighted by Crippen LogP contribution is -1.95. The molecule has 0 radical (unpaired) electrons. The molecule has 6 aromatic carbocycles. The van der Waals surface area contributed by atoms with Gasteiger partial charge in [-0.3, -0.25) is 0 Å². The van der Waals surface area contributed by atoms with Crippen LogP contribution in [-0.4, -0.2) is 0 Å². The van der Waals surface area contributed by atoms with Crippen LogP contribution in [0, 0.1) is 0 Å². The molecule has 0 aliphatic rings. The van der Waals surface area contributed by atoms with Crippen molar-refractivity contribution in [2.45, 2.75) is 51.4 Å². The van der Waals surface area contributed by atoms with Crippen molar-refractivity contribution in [1.29, 1.82) is 0 Å². The zero-order chi connectivity index (χ0) is 36.4. The van der Waals surface area contributed by atoms with Crippen LogP contribution in [0.15, 0.2) is 172 Å². The quantitative estimate of drug-likeness (QED) is 0.0957. The highest BCUT2D eigenvalue weighted by Gasteiger charge is 2.02. The second-order valence-corrected chi connectivity index (χ2v) is 13.4. The molecule has 0 spiro atoms. The lowest BCUT2D eigenvalue weighted by molar-refractivity contribution is 0.930. The Bertz CT molecular complexity index is 1840. The summed E-state index contributed by atoms with van der Waals surface area (Å²) in [7, 11) is 0. The van der Waals surface area contributed by atoms with Gasteiger partial charge in [-0.1, -0.05) is 196 Å². The molecule has 0 aliphatic heterocycles. The van der Waals surface area contributed by atoms with E-state index in [-0.39, 0.29) is 0 Å². The van der Waals surface area contributed by atoms with Crippen molar-refractivity contribution in [3.8, 4) is 0 Å². The van der Waals surface area contributed by atoms with E-state index < -0.39 is 0 Å². The van der Waals surface area contributed by atoms with Crippen LogP contribution in [0.25, 0.3) is 24.3 Å². The van der Waals surface area contributed by atoms with Crippen molar-refractivity contribution >= 4 is 24.3 Å². The molecule has 6 rings (SSSR count). The Kier molecular flexibility index (Phi) is 14.6. The number of benzene rings is 6. The number of aryl methyl sites for hydroxylation is 8. The summed E-state index contributed by atoms with van der Waals surface area (Å²) in [6, 6.07) is 52.8. The van der Waals surface area contributed by atoms with Gasteiger partial charge in [0.05, 0.1) is 0 Å². The molecule has 0 aliphatic carbocycles. The van der Waals surface area contributed by atoms with Crippen molar-refractivity contribution < 1.29 is 0 Å². The third kappa shape index (κ3) is 12.3. The predicted molar refractivity (Wildman–Crippen MR) is 229 cm³/mol. The average Bonchev–Trinajstić information content (AvgIpc) is 3.22. The summed E-state index contributed by atoms with van der Waals surface area (Å²) >= 11 is 0. The lowest BCUT2D eigenvalue weighted by atomic mass is 9.98. The Hall–Kier alpha value is -5.72. The first-order chi connectivity index (χ1) is 25.5. The molecule has 0 aromatic heterocycles. The molecule has 0 N–H and O–H groups in total. The van der Waals surface area contributed by atoms with E-state index in [1.54, 1.807) is 0 Å². The van der Waals surface area contributed by atoms with Crippen molar-refractivity contribution in [2.75, 3.05) is 0 Å². The van der Waals surface area contributed by atoms with Gasteiger partial charge in [0.15, 0.2) is 0 Å². The van der Waals surface area contributed by atoms with Gasteiger partial charge in [-0.15, -0.1) is 0 Å². The minimum absolute atomic E-state index is 1.07. The number of rotatable bonds is 16. The fourth-order valence-electron chi connectivity index (χ4n) is 6.25. The SMILES string of the molecule is C=Cc1ccc(CCc2ccc(CCc3ccc(C=C)cc3)cc2)cc1.C=Cc1ccc(CCc2cccc(CCc3ccc(C=C)cc3)c2)cc1. The van der Waals surface area contributed by atoms with E-state index in [2.05, 4.69) is 172 Å². The summed E-state index contributed by atoms with van der Waals surface area (Å²) in [5, 5.41) is 0. The van der Waals surface area contributed by atoms with E-state index in [1.165, 1.54) is 66.8 Å². The van der Waals surface area contributed by atoms with Crippen molar-refractivity contribution in [1.82, 2.24) is 0 Å². The van der Waals surface area contributed by atoms with Crippen molar-refractivity contribution in [3.63, 3.8) is 0 Å². The van der Waals surface area contributed by atoms with Crippen LogP contribution in [0.2, 0.25) is 0 Å². The molecule has 0 saturated carbocycles. The molecule has 0 unspecified atom stereocenters. The second-order valence-electron chi connectivity index (χ2n) is 13.4. The highest BCUT2D eigenvalue weighted by Crippen LogP contribution is 2.16. The smallest absolute Gasteiger partial charge is 0.0238 e. The first-order valence-electron chi connectivity index (χ1n) is 18.5. The molecule has 0 saturated heterocycles. The minimum Gasteiger partial charge on any atom is -0.0985 e. The van der Waals surface area contributed by atoms with Crippen LogP contribution in [0.4, 0.5) is 0 Å². The van der Waals surface area contributed by atoms with Crippen molar-refractivity contribution in [2.24, 2.45) is 0 Å². The van der Waals surface area contributed by atoms with Gasteiger partial charge >= 0.3 is 0 Å². The molecule has 0 atom stereocenters. The highest BCUT2D eigenvalue weighted by atomic mass is 14.1. The topological polar surface area (TPSA) is 0 Å². The summed E-state index contributed by atoms with van der Waals surface area (Å²) in [6.07, 6.45) is 16.2. The maximum atomic E-state index is 3.81. The van der Waals surface area contributed by atoms with E-state index in [0.717, 1.165) is 51.4 Å². The molecule has 0 nitrogen and oxygen atoms in total. The van der Waals surface area contributed by atoms with Gasteiger partial charge in [0.1, 0.15) is 0 Å². The van der Waals surface area contributed by atoms with Gasteiger partial charge < -0.3 is 0 Å². The largest absolute Gasteiger partial charge is 0.0985 e. The Morgan fingerprint density at radius 1 is 0.250 bits per heavy atom. The summed E-state index contributed by atoms with van der Waals surface area (Å²) in [6.45, 7) is 15.2. The third-order valence-electron chi connectivity index (χ3n) is 9.69. The molecule has 260 valence electrons. The Balaban J connectivity index is 0.000000201. The molecule has 0 heterocycles. The van der Waals surface area contributed by atoms with Gasteiger partial charge in [0.2, 0.25) is 0 Å². The number of hydrogen-bond acceptors (Lipinski definition) is 0. The van der Waals surface area contributed by atoms with Gasteiger partial charge in [0.25, 0.3) is 0 Å². The zero-order valence-corrected chi connectivity index (χ0v) is 30.7. The molecule has 0 heteroatoms. The van der Waals surface area contributed by atoms with E-state index >= 15 is 0 Å². The summed E-state index contributed by atoms with van der Waals surface area (Å²) in [5.41, 5.74) is 15.9. The molecule has 0 bridgehead atoms. The van der Waals surface area contributed by atoms with Gasteiger partial charge in [-0.05, 0) is 118 Å². The van der Waals surface area contributed by atoms with Crippen LogP contribution in [-0.2, 0) is 51.4 Å². The average molecular weight is 677 g/mol. The predicted octanol–water partition coefficient (Wildman–Crippen LogP) is 13.1. The highest BCUT2D eigenvalue weighted by molar-refractivity contribution is 5.49. The molecule has 6 aromatic rings. The van der Waals surface area contributed by atoms with Gasteiger partial charge in [-0.2, -0.15) is 0 Å². The maximum Gasteiger partial charge on any atom is -0.0238 e. The Labute approximate surface area is 313 Å². The fourth-order valence-corrected chi connectivity index (χ4v) is 6.25. The van der Waals surface area contributed by atoms with E-state index in [0.29, 0.717) is 0 Å². The van der Waals surface area contributed by atoms with Crippen LogP contribution >= 0.6 is 0 Å². The molecular weight excluding hydrogens is 625 g/mol. The van der Waals surface area contributed by atoms with Crippen molar-refractivity contribution in [3.05, 3.63) is 239 Å². The summed E-state index contributed by atoms with van der Waals surface area (Å²) < 4.78 is 0. The standard InChI is InChI=1S/2C26H26/c1-3-21-5-9-23(10-6-21)13-15-25-17-19-26(20-18-25)16-14-24-11-7-22(4-2)8-12-24;1-3-21-8-12-23(13-9-21)16-18-25-6-5-7-26(20-25)19-17-24-14-10-22(4-2)11-15-24/h3-12,17-20H,1-2,13-16H2;3-15,20H,1-2,16-19H2. The monoisotopic (exact) mass is 676 g/mol. The van der Waals surface area contributed by atoms with E-state index in [9.17, 15) is 0 Å². The van der Waals surface area contributed by atoms with Gasteiger partial charge in [0, 0.05) is 0 Å². The van der Waals surface area contributed by atoms with Crippen LogP contribution in [0.3, 0.4) is 0 Å². The zero-order valence-electron chi connectivity index (χ0n) is 30.7. The van der Waals surface area contributed by atoms with E-state index in [1.807, 2.05) is 24.3 Å². The Morgan fingerprint density at radius 3 is 0.654 bits per heavy atom. The van der Waals surface area contributed by atoms with Crippen LogP contribution in [0.1, 0.15) is 66.8 Å². The summed E-state index contributed by atoms with van der Waals surface area (Å²) in [4.78, 5) is 0. The molecular formula is C52H52. The van der Waals surface area contributed by atoms with Crippen LogP contribution < -0.4 is 0 Å². The van der Waals surface area contributed by atoms with Crippen LogP contribution in [0.5, 0.6) is 0 Å². The first-order valence-corrected chi connectivity index (χ1v) is 18.5. The molecule has 0 amide bonds. The lowest BCUT2D eigenvalue weighted by Gasteiger charge is -2.07. The first kappa shape index (κ1) is 37.5. The minimum atomic E-state index is 1.07. The molecule has 52 heavy (non-hydrogen) atoms. The number of hydrogen-bond donors (Lipinski definition) is 0. The van der Waals surface area contributed by atoms with E-state index in [4.69, 9.17) is 0 Å². The van der Waals surface area contributed by atoms with Gasteiger partial charge in [-0.25, -0.2) is 0 Å².